The summed E-state index contributed by atoms with van der Waals surface area (Å²) in [4.78, 5) is 13.2. The molecule has 2 heterocycles. The van der Waals surface area contributed by atoms with Gasteiger partial charge in [-0.05, 0) is 33.2 Å². The molecule has 0 aromatic carbocycles. The fraction of sp³-hybridized carbons (Fsp3) is 0.636. The molecular weight excluding hydrogens is 208 g/mol. The van der Waals surface area contributed by atoms with Gasteiger partial charge in [0.2, 0.25) is 0 Å². The van der Waals surface area contributed by atoms with Gasteiger partial charge in [0.25, 0.3) is 0 Å². The predicted octanol–water partition coefficient (Wildman–Crippen LogP) is 1.42. The summed E-state index contributed by atoms with van der Waals surface area (Å²) in [6.07, 6.45) is 1.60. The van der Waals surface area contributed by atoms with Crippen LogP contribution in [-0.2, 0) is 11.3 Å². The van der Waals surface area contributed by atoms with Crippen LogP contribution in [0.5, 0.6) is 0 Å². The minimum atomic E-state index is -0.763. The van der Waals surface area contributed by atoms with Crippen molar-refractivity contribution in [2.45, 2.75) is 38.8 Å². The topological polar surface area (TPSA) is 66.6 Å². The second-order valence-corrected chi connectivity index (χ2v) is 4.54. The Morgan fingerprint density at radius 2 is 2.50 bits per heavy atom. The average Bonchev–Trinajstić information content (AvgIpc) is 2.76. The van der Waals surface area contributed by atoms with Crippen molar-refractivity contribution in [2.75, 3.05) is 6.54 Å². The molecule has 1 N–H and O–H groups in total. The van der Waals surface area contributed by atoms with Crippen LogP contribution in [0.3, 0.4) is 0 Å². The van der Waals surface area contributed by atoms with Gasteiger partial charge in [-0.15, -0.1) is 0 Å². The van der Waals surface area contributed by atoms with Crippen molar-refractivity contribution < 1.29 is 14.4 Å². The summed E-state index contributed by atoms with van der Waals surface area (Å²) in [6, 6.07) is 1.85. The van der Waals surface area contributed by atoms with Gasteiger partial charge >= 0.3 is 5.97 Å². The molecule has 1 fully saturated rings. The molecule has 5 heteroatoms. The molecule has 2 rings (SSSR count). The SMILES string of the molecule is Cc1cc(CN2CCCC2(C)C(=O)O)on1. The summed E-state index contributed by atoms with van der Waals surface area (Å²) in [5.41, 5.74) is 0.0620. The Labute approximate surface area is 94.0 Å². The van der Waals surface area contributed by atoms with E-state index in [1.807, 2.05) is 17.9 Å². The van der Waals surface area contributed by atoms with Crippen molar-refractivity contribution in [1.82, 2.24) is 10.1 Å². The third-order valence-electron chi connectivity index (χ3n) is 3.27. The predicted molar refractivity (Wildman–Crippen MR) is 56.9 cm³/mol. The number of nitrogens with zero attached hydrogens (tertiary/aromatic N) is 2. The van der Waals surface area contributed by atoms with E-state index in [1.165, 1.54) is 0 Å². The lowest BCUT2D eigenvalue weighted by Crippen LogP contribution is -2.47. The maximum absolute atomic E-state index is 11.2. The number of hydrogen-bond donors (Lipinski definition) is 1. The molecule has 5 nitrogen and oxygen atoms in total. The Hall–Kier alpha value is -1.36. The van der Waals surface area contributed by atoms with E-state index in [1.54, 1.807) is 6.92 Å². The van der Waals surface area contributed by atoms with Gasteiger partial charge in [0.15, 0.2) is 5.76 Å². The number of hydrogen-bond acceptors (Lipinski definition) is 4. The van der Waals surface area contributed by atoms with E-state index in [2.05, 4.69) is 5.16 Å². The lowest BCUT2D eigenvalue weighted by molar-refractivity contribution is -0.149. The Balaban J connectivity index is 2.12. The van der Waals surface area contributed by atoms with Gasteiger partial charge < -0.3 is 9.63 Å². The highest BCUT2D eigenvalue weighted by Crippen LogP contribution is 2.30. The summed E-state index contributed by atoms with van der Waals surface area (Å²) in [5, 5.41) is 13.0. The molecule has 88 valence electrons. The van der Waals surface area contributed by atoms with Crippen molar-refractivity contribution in [1.29, 1.82) is 0 Å². The minimum Gasteiger partial charge on any atom is -0.480 e. The van der Waals surface area contributed by atoms with Crippen molar-refractivity contribution in [3.8, 4) is 0 Å². The third kappa shape index (κ3) is 1.82. The summed E-state index contributed by atoms with van der Waals surface area (Å²) >= 11 is 0. The Morgan fingerprint density at radius 3 is 3.06 bits per heavy atom. The minimum absolute atomic E-state index is 0.518. The molecule has 0 radical (unpaired) electrons. The Morgan fingerprint density at radius 1 is 1.75 bits per heavy atom. The molecule has 0 bridgehead atoms. The van der Waals surface area contributed by atoms with E-state index in [9.17, 15) is 9.90 Å². The first-order valence-corrected chi connectivity index (χ1v) is 5.43. The van der Waals surface area contributed by atoms with Crippen LogP contribution >= 0.6 is 0 Å². The summed E-state index contributed by atoms with van der Waals surface area (Å²) < 4.78 is 5.11. The zero-order chi connectivity index (χ0) is 11.8. The van der Waals surface area contributed by atoms with E-state index >= 15 is 0 Å². The monoisotopic (exact) mass is 224 g/mol. The summed E-state index contributed by atoms with van der Waals surface area (Å²) in [7, 11) is 0. The first-order chi connectivity index (χ1) is 7.52. The van der Waals surface area contributed by atoms with Gasteiger partial charge in [-0.25, -0.2) is 0 Å². The molecule has 0 spiro atoms. The van der Waals surface area contributed by atoms with E-state index in [0.29, 0.717) is 13.0 Å². The van der Waals surface area contributed by atoms with Gasteiger partial charge in [0, 0.05) is 6.07 Å². The third-order valence-corrected chi connectivity index (χ3v) is 3.27. The van der Waals surface area contributed by atoms with Gasteiger partial charge in [0.05, 0.1) is 12.2 Å². The lowest BCUT2D eigenvalue weighted by atomic mass is 9.99. The van der Waals surface area contributed by atoms with Crippen LogP contribution < -0.4 is 0 Å². The van der Waals surface area contributed by atoms with E-state index in [-0.39, 0.29) is 0 Å². The van der Waals surface area contributed by atoms with Crippen LogP contribution in [0.25, 0.3) is 0 Å². The lowest BCUT2D eigenvalue weighted by Gasteiger charge is -2.29. The maximum Gasteiger partial charge on any atom is 0.323 e. The van der Waals surface area contributed by atoms with Crippen molar-refractivity contribution in [3.05, 3.63) is 17.5 Å². The van der Waals surface area contributed by atoms with Crippen LogP contribution in [0.15, 0.2) is 10.6 Å². The highest BCUT2D eigenvalue weighted by molar-refractivity contribution is 5.78. The number of carboxylic acids is 1. The molecule has 1 saturated heterocycles. The average molecular weight is 224 g/mol. The van der Waals surface area contributed by atoms with E-state index in [4.69, 9.17) is 4.52 Å². The molecule has 1 atom stereocenters. The molecule has 0 saturated carbocycles. The Bertz CT molecular complexity index is 402. The van der Waals surface area contributed by atoms with Crippen LogP contribution in [0.4, 0.5) is 0 Å². The zero-order valence-electron chi connectivity index (χ0n) is 9.56. The van der Waals surface area contributed by atoms with Crippen molar-refractivity contribution >= 4 is 5.97 Å². The van der Waals surface area contributed by atoms with Crippen molar-refractivity contribution in [3.63, 3.8) is 0 Å². The summed E-state index contributed by atoms with van der Waals surface area (Å²) in [5.74, 6) is -0.0342. The first kappa shape index (κ1) is 11.1. The van der Waals surface area contributed by atoms with Gasteiger partial charge in [-0.2, -0.15) is 0 Å². The van der Waals surface area contributed by atoms with Crippen LogP contribution in [0, 0.1) is 6.92 Å². The normalized spacial score (nSPS) is 26.1. The Kier molecular flexibility index (Phi) is 2.71. The second kappa shape index (κ2) is 3.90. The molecule has 0 aliphatic carbocycles. The molecule has 0 amide bonds. The number of aliphatic carboxylic acids is 1. The smallest absolute Gasteiger partial charge is 0.323 e. The number of carboxylic acid groups (broad SMARTS) is 1. The fourth-order valence-electron chi connectivity index (χ4n) is 2.19. The highest BCUT2D eigenvalue weighted by atomic mass is 16.5. The first-order valence-electron chi connectivity index (χ1n) is 5.43. The number of likely N-dealkylation sites (tertiary alicyclic amines) is 1. The molecule has 16 heavy (non-hydrogen) atoms. The zero-order valence-corrected chi connectivity index (χ0v) is 9.56. The number of rotatable bonds is 3. The molecule has 1 aromatic heterocycles. The largest absolute Gasteiger partial charge is 0.480 e. The summed E-state index contributed by atoms with van der Waals surface area (Å²) in [6.45, 7) is 4.94. The number of carbonyl (C=O) groups is 1. The second-order valence-electron chi connectivity index (χ2n) is 4.54. The number of aryl methyl sites for hydroxylation is 1. The molecular formula is C11H16N2O3. The molecule has 1 aromatic rings. The van der Waals surface area contributed by atoms with Crippen molar-refractivity contribution in [2.24, 2.45) is 0 Å². The van der Waals surface area contributed by atoms with Crippen LogP contribution in [-0.4, -0.2) is 33.2 Å². The molecule has 1 aliphatic heterocycles. The van der Waals surface area contributed by atoms with E-state index < -0.39 is 11.5 Å². The van der Waals surface area contributed by atoms with Crippen LogP contribution in [0.2, 0.25) is 0 Å². The quantitative estimate of drug-likeness (QED) is 0.841. The standard InChI is InChI=1S/C11H16N2O3/c1-8-6-9(16-12-8)7-13-5-3-4-11(13,2)10(14)15/h6H,3-5,7H2,1-2H3,(H,14,15). The van der Waals surface area contributed by atoms with E-state index in [0.717, 1.165) is 24.4 Å². The maximum atomic E-state index is 11.2. The van der Waals surface area contributed by atoms with Crippen LogP contribution in [0.1, 0.15) is 31.2 Å². The highest BCUT2D eigenvalue weighted by Gasteiger charge is 2.43. The van der Waals surface area contributed by atoms with Gasteiger partial charge in [-0.1, -0.05) is 5.16 Å². The number of aromatic nitrogens is 1. The molecule has 1 aliphatic rings. The molecule has 1 unspecified atom stereocenters. The van der Waals surface area contributed by atoms with Gasteiger partial charge in [0.1, 0.15) is 5.54 Å². The fourth-order valence-corrected chi connectivity index (χ4v) is 2.19. The van der Waals surface area contributed by atoms with Gasteiger partial charge in [-0.3, -0.25) is 9.69 Å².